The number of carboxylic acid groups (broad SMARTS) is 1. The Morgan fingerprint density at radius 3 is 2.50 bits per heavy atom. The average molecular weight is 274 g/mol. The minimum atomic E-state index is -1.46. The number of nitrogens with one attached hydrogen (secondary N) is 1. The van der Waals surface area contributed by atoms with Crippen LogP contribution in [0.25, 0.3) is 0 Å². The number of hydrogen-bond donors (Lipinski definition) is 4. The van der Waals surface area contributed by atoms with Crippen LogP contribution in [0.1, 0.15) is 17.3 Å². The second kappa shape index (κ2) is 5.70. The Morgan fingerprint density at radius 1 is 1.39 bits per heavy atom. The van der Waals surface area contributed by atoms with Crippen LogP contribution < -0.4 is 5.32 Å². The number of aliphatic carboxylic acids is 1. The van der Waals surface area contributed by atoms with Crippen molar-refractivity contribution in [2.75, 3.05) is 0 Å². The monoisotopic (exact) mass is 273 g/mol. The zero-order valence-electron chi connectivity index (χ0n) is 9.42. The van der Waals surface area contributed by atoms with Gasteiger partial charge in [0, 0.05) is 5.02 Å². The van der Waals surface area contributed by atoms with E-state index >= 15 is 0 Å². The molecule has 0 saturated carbocycles. The van der Waals surface area contributed by atoms with E-state index in [9.17, 15) is 19.8 Å². The number of phenolic OH excluding ortho intramolecular Hbond substituents is 1. The molecule has 0 heterocycles. The zero-order valence-corrected chi connectivity index (χ0v) is 10.2. The molecule has 1 aromatic carbocycles. The fourth-order valence-electron chi connectivity index (χ4n) is 1.30. The summed E-state index contributed by atoms with van der Waals surface area (Å²) >= 11 is 5.67. The van der Waals surface area contributed by atoms with Crippen LogP contribution in [0, 0.1) is 0 Å². The van der Waals surface area contributed by atoms with Crippen molar-refractivity contribution >= 4 is 23.5 Å². The van der Waals surface area contributed by atoms with Gasteiger partial charge in [-0.25, -0.2) is 4.79 Å². The van der Waals surface area contributed by atoms with E-state index in [2.05, 4.69) is 5.32 Å². The van der Waals surface area contributed by atoms with Gasteiger partial charge >= 0.3 is 5.97 Å². The number of rotatable bonds is 4. The number of hydrogen-bond acceptors (Lipinski definition) is 4. The number of phenols is 1. The normalized spacial score (nSPS) is 13.7. The summed E-state index contributed by atoms with van der Waals surface area (Å²) in [6.07, 6.45) is -1.27. The Balaban J connectivity index is 2.94. The Hall–Kier alpha value is -1.79. The molecule has 2 atom stereocenters. The molecule has 98 valence electrons. The molecule has 0 bridgehead atoms. The summed E-state index contributed by atoms with van der Waals surface area (Å²) in [5.41, 5.74) is -0.158. The highest BCUT2D eigenvalue weighted by Crippen LogP contribution is 2.21. The lowest BCUT2D eigenvalue weighted by Gasteiger charge is -2.17. The number of amides is 1. The molecular formula is C11H12ClNO5. The molecule has 0 radical (unpaired) electrons. The van der Waals surface area contributed by atoms with Crippen LogP contribution in [-0.4, -0.2) is 39.3 Å². The second-order valence-corrected chi connectivity index (χ2v) is 4.13. The van der Waals surface area contributed by atoms with Crippen molar-refractivity contribution < 1.29 is 24.9 Å². The Kier molecular flexibility index (Phi) is 4.52. The Morgan fingerprint density at radius 2 is 2.00 bits per heavy atom. The maximum absolute atomic E-state index is 11.7. The van der Waals surface area contributed by atoms with Crippen molar-refractivity contribution in [3.05, 3.63) is 28.8 Å². The van der Waals surface area contributed by atoms with E-state index in [1.54, 1.807) is 0 Å². The van der Waals surface area contributed by atoms with Gasteiger partial charge in [-0.3, -0.25) is 4.79 Å². The van der Waals surface area contributed by atoms with Gasteiger partial charge in [-0.15, -0.1) is 0 Å². The highest BCUT2D eigenvalue weighted by Gasteiger charge is 2.26. The summed E-state index contributed by atoms with van der Waals surface area (Å²) in [5, 5.41) is 29.8. The van der Waals surface area contributed by atoms with Crippen molar-refractivity contribution in [2.24, 2.45) is 0 Å². The smallest absolute Gasteiger partial charge is 0.328 e. The van der Waals surface area contributed by atoms with Gasteiger partial charge in [0.25, 0.3) is 5.91 Å². The van der Waals surface area contributed by atoms with Crippen LogP contribution in [-0.2, 0) is 4.79 Å². The quantitative estimate of drug-likeness (QED) is 0.643. The van der Waals surface area contributed by atoms with Crippen molar-refractivity contribution in [3.8, 4) is 5.75 Å². The molecule has 0 aliphatic rings. The number of aromatic hydroxyl groups is 1. The molecule has 2 unspecified atom stereocenters. The minimum Gasteiger partial charge on any atom is -0.507 e. The van der Waals surface area contributed by atoms with E-state index in [-0.39, 0.29) is 16.3 Å². The minimum absolute atomic E-state index is 0.158. The predicted octanol–water partition coefficient (Wildman–Crippen LogP) is 0.609. The summed E-state index contributed by atoms with van der Waals surface area (Å²) in [7, 11) is 0. The molecule has 1 aromatic rings. The van der Waals surface area contributed by atoms with Crippen LogP contribution in [0.3, 0.4) is 0 Å². The Labute approximate surface area is 108 Å². The third-order valence-electron chi connectivity index (χ3n) is 2.24. The van der Waals surface area contributed by atoms with E-state index in [4.69, 9.17) is 16.7 Å². The summed E-state index contributed by atoms with van der Waals surface area (Å²) in [6.45, 7) is 1.23. The SMILES string of the molecule is CC(O)C(NC(=O)c1cc(Cl)ccc1O)C(=O)O. The first kappa shape index (κ1) is 14.3. The van der Waals surface area contributed by atoms with Gasteiger partial charge in [0.1, 0.15) is 5.75 Å². The third-order valence-corrected chi connectivity index (χ3v) is 2.47. The highest BCUT2D eigenvalue weighted by atomic mass is 35.5. The molecule has 6 nitrogen and oxygen atoms in total. The van der Waals surface area contributed by atoms with E-state index in [1.807, 2.05) is 0 Å². The lowest BCUT2D eigenvalue weighted by atomic mass is 10.1. The number of aliphatic hydroxyl groups is 1. The van der Waals surface area contributed by atoms with Crippen LogP contribution >= 0.6 is 11.6 Å². The topological polar surface area (TPSA) is 107 Å². The van der Waals surface area contributed by atoms with Crippen LogP contribution in [0.15, 0.2) is 18.2 Å². The van der Waals surface area contributed by atoms with E-state index in [0.717, 1.165) is 0 Å². The summed E-state index contributed by atoms with van der Waals surface area (Å²) in [6, 6.07) is 2.34. The first-order valence-corrected chi connectivity index (χ1v) is 5.41. The van der Waals surface area contributed by atoms with E-state index in [1.165, 1.54) is 25.1 Å². The summed E-state index contributed by atoms with van der Waals surface area (Å²) < 4.78 is 0. The molecule has 0 aromatic heterocycles. The van der Waals surface area contributed by atoms with Gasteiger partial charge in [-0.2, -0.15) is 0 Å². The van der Waals surface area contributed by atoms with E-state index < -0.39 is 24.0 Å². The number of benzene rings is 1. The number of halogens is 1. The lowest BCUT2D eigenvalue weighted by molar-refractivity contribution is -0.141. The molecule has 7 heteroatoms. The standard InChI is InChI=1S/C11H12ClNO5/c1-5(14)9(11(17)18)13-10(16)7-4-6(12)2-3-8(7)15/h2-5,9,14-15H,1H3,(H,13,16)(H,17,18). The van der Waals surface area contributed by atoms with Crippen LogP contribution in [0.4, 0.5) is 0 Å². The Bertz CT molecular complexity index is 475. The van der Waals surface area contributed by atoms with Crippen molar-refractivity contribution in [1.29, 1.82) is 0 Å². The van der Waals surface area contributed by atoms with Crippen molar-refractivity contribution in [2.45, 2.75) is 19.1 Å². The van der Waals surface area contributed by atoms with Gasteiger partial charge in [-0.05, 0) is 25.1 Å². The van der Waals surface area contributed by atoms with Crippen LogP contribution in [0.2, 0.25) is 5.02 Å². The lowest BCUT2D eigenvalue weighted by Crippen LogP contribution is -2.47. The first-order chi connectivity index (χ1) is 8.32. The van der Waals surface area contributed by atoms with E-state index in [0.29, 0.717) is 0 Å². The van der Waals surface area contributed by atoms with Crippen LogP contribution in [0.5, 0.6) is 5.75 Å². The molecule has 0 aliphatic heterocycles. The average Bonchev–Trinajstić information content (AvgIpc) is 2.28. The highest BCUT2D eigenvalue weighted by molar-refractivity contribution is 6.31. The maximum Gasteiger partial charge on any atom is 0.328 e. The van der Waals surface area contributed by atoms with Crippen molar-refractivity contribution in [3.63, 3.8) is 0 Å². The maximum atomic E-state index is 11.7. The molecule has 1 amide bonds. The summed E-state index contributed by atoms with van der Waals surface area (Å²) in [4.78, 5) is 22.5. The summed E-state index contributed by atoms with van der Waals surface area (Å²) in [5.74, 6) is -2.53. The molecule has 0 spiro atoms. The fourth-order valence-corrected chi connectivity index (χ4v) is 1.47. The molecular weight excluding hydrogens is 262 g/mol. The number of aliphatic hydroxyl groups excluding tert-OH is 1. The largest absolute Gasteiger partial charge is 0.507 e. The number of carbonyl (C=O) groups excluding carboxylic acids is 1. The molecule has 1 rings (SSSR count). The third kappa shape index (κ3) is 3.35. The first-order valence-electron chi connectivity index (χ1n) is 5.03. The van der Waals surface area contributed by atoms with Gasteiger partial charge in [-0.1, -0.05) is 11.6 Å². The van der Waals surface area contributed by atoms with Gasteiger partial charge < -0.3 is 20.6 Å². The fraction of sp³-hybridized carbons (Fsp3) is 0.273. The molecule has 0 saturated heterocycles. The van der Waals surface area contributed by atoms with Gasteiger partial charge in [0.2, 0.25) is 0 Å². The second-order valence-electron chi connectivity index (χ2n) is 3.69. The van der Waals surface area contributed by atoms with Gasteiger partial charge in [0.15, 0.2) is 6.04 Å². The molecule has 18 heavy (non-hydrogen) atoms. The number of carbonyl (C=O) groups is 2. The molecule has 0 aliphatic carbocycles. The molecule has 0 fully saturated rings. The zero-order chi connectivity index (χ0) is 13.9. The molecule has 4 N–H and O–H groups in total. The van der Waals surface area contributed by atoms with Gasteiger partial charge in [0.05, 0.1) is 11.7 Å². The number of carboxylic acids is 1. The predicted molar refractivity (Wildman–Crippen MR) is 63.7 cm³/mol. The van der Waals surface area contributed by atoms with Crippen molar-refractivity contribution in [1.82, 2.24) is 5.32 Å².